The lowest BCUT2D eigenvalue weighted by atomic mass is 10.1. The van der Waals surface area contributed by atoms with Crippen LogP contribution < -0.4 is 4.74 Å². The number of amides is 1. The molecule has 22 heavy (non-hydrogen) atoms. The fourth-order valence-electron chi connectivity index (χ4n) is 2.19. The van der Waals surface area contributed by atoms with Gasteiger partial charge in [-0.15, -0.1) is 0 Å². The molecule has 0 radical (unpaired) electrons. The second-order valence-corrected chi connectivity index (χ2v) is 5.29. The largest absolute Gasteiger partial charge is 0.496 e. The van der Waals surface area contributed by atoms with Gasteiger partial charge in [0.05, 0.1) is 13.3 Å². The lowest BCUT2D eigenvalue weighted by Crippen LogP contribution is -2.24. The number of nitrogens with zero attached hydrogens (tertiary/aromatic N) is 3. The maximum absolute atomic E-state index is 12.2. The molecule has 0 saturated carbocycles. The number of carbonyl (C=O) groups excluding carboxylic acids is 1. The zero-order chi connectivity index (χ0) is 16.1. The lowest BCUT2D eigenvalue weighted by molar-refractivity contribution is -0.125. The summed E-state index contributed by atoms with van der Waals surface area (Å²) >= 11 is 0. The van der Waals surface area contributed by atoms with Crippen LogP contribution in [0.3, 0.4) is 0 Å². The molecule has 0 bridgehead atoms. The van der Waals surface area contributed by atoms with Crippen molar-refractivity contribution in [3.8, 4) is 5.75 Å². The standard InChI is InChI=1S/C17H21N3O2/c1-13-5-7-16(22-4)15(9-13)12-19(2)17(21)8-6-14-10-18-20(3)11-14/h5-11H,12H2,1-4H3. The molecule has 0 spiro atoms. The summed E-state index contributed by atoms with van der Waals surface area (Å²) in [6, 6.07) is 5.95. The van der Waals surface area contributed by atoms with Gasteiger partial charge >= 0.3 is 0 Å². The number of ether oxygens (including phenoxy) is 1. The molecule has 1 aromatic carbocycles. The zero-order valence-electron chi connectivity index (χ0n) is 13.4. The van der Waals surface area contributed by atoms with Crippen LogP contribution in [-0.4, -0.2) is 34.7 Å². The molecule has 0 saturated heterocycles. The van der Waals surface area contributed by atoms with Crippen molar-refractivity contribution in [1.29, 1.82) is 0 Å². The van der Waals surface area contributed by atoms with E-state index in [1.165, 1.54) is 0 Å². The van der Waals surface area contributed by atoms with Gasteiger partial charge in [0, 0.05) is 44.0 Å². The Balaban J connectivity index is 2.05. The molecule has 0 aliphatic carbocycles. The van der Waals surface area contributed by atoms with E-state index in [9.17, 15) is 4.79 Å². The van der Waals surface area contributed by atoms with Crippen molar-refractivity contribution in [2.75, 3.05) is 14.2 Å². The van der Waals surface area contributed by atoms with Crippen LogP contribution in [0.25, 0.3) is 6.08 Å². The number of hydrogen-bond acceptors (Lipinski definition) is 3. The zero-order valence-corrected chi connectivity index (χ0v) is 13.4. The molecule has 0 fully saturated rings. The van der Waals surface area contributed by atoms with Gasteiger partial charge in [0.15, 0.2) is 0 Å². The fraction of sp³-hybridized carbons (Fsp3) is 0.294. The first-order valence-corrected chi connectivity index (χ1v) is 7.05. The van der Waals surface area contributed by atoms with E-state index in [1.54, 1.807) is 42.1 Å². The van der Waals surface area contributed by atoms with Crippen molar-refractivity contribution < 1.29 is 9.53 Å². The predicted molar refractivity (Wildman–Crippen MR) is 86.4 cm³/mol. The second kappa shape index (κ2) is 6.93. The van der Waals surface area contributed by atoms with Gasteiger partial charge in [0.1, 0.15) is 5.75 Å². The van der Waals surface area contributed by atoms with E-state index in [0.29, 0.717) is 6.54 Å². The van der Waals surface area contributed by atoms with Gasteiger partial charge in [0.2, 0.25) is 5.91 Å². The van der Waals surface area contributed by atoms with E-state index >= 15 is 0 Å². The molecule has 2 rings (SSSR count). The quantitative estimate of drug-likeness (QED) is 0.797. The van der Waals surface area contributed by atoms with E-state index in [0.717, 1.165) is 22.4 Å². The second-order valence-electron chi connectivity index (χ2n) is 5.29. The molecule has 0 atom stereocenters. The third-order valence-corrected chi connectivity index (χ3v) is 3.36. The molecule has 1 amide bonds. The topological polar surface area (TPSA) is 47.4 Å². The third-order valence-electron chi connectivity index (χ3n) is 3.36. The number of likely N-dealkylation sites (N-methyl/N-ethyl adjacent to an activating group) is 1. The Kier molecular flexibility index (Phi) is 4.99. The Morgan fingerprint density at radius 3 is 2.86 bits per heavy atom. The Hall–Kier alpha value is -2.56. The van der Waals surface area contributed by atoms with Gasteiger partial charge in [-0.2, -0.15) is 5.10 Å². The smallest absolute Gasteiger partial charge is 0.246 e. The highest BCUT2D eigenvalue weighted by molar-refractivity contribution is 5.91. The van der Waals surface area contributed by atoms with Crippen molar-refractivity contribution in [3.63, 3.8) is 0 Å². The molecule has 2 aromatic rings. The molecule has 1 aromatic heterocycles. The van der Waals surface area contributed by atoms with Crippen molar-refractivity contribution >= 4 is 12.0 Å². The molecule has 5 nitrogen and oxygen atoms in total. The lowest BCUT2D eigenvalue weighted by Gasteiger charge is -2.17. The normalized spacial score (nSPS) is 10.9. The molecular formula is C17H21N3O2. The number of rotatable bonds is 5. The summed E-state index contributed by atoms with van der Waals surface area (Å²) in [5.41, 5.74) is 3.04. The van der Waals surface area contributed by atoms with Crippen LogP contribution in [-0.2, 0) is 18.4 Å². The van der Waals surface area contributed by atoms with E-state index < -0.39 is 0 Å². The highest BCUT2D eigenvalue weighted by Crippen LogP contribution is 2.21. The van der Waals surface area contributed by atoms with Gasteiger partial charge in [-0.05, 0) is 19.1 Å². The number of hydrogen-bond donors (Lipinski definition) is 0. The number of carbonyl (C=O) groups is 1. The summed E-state index contributed by atoms with van der Waals surface area (Å²) in [6.07, 6.45) is 6.89. The van der Waals surface area contributed by atoms with Crippen LogP contribution in [0.2, 0.25) is 0 Å². The summed E-state index contributed by atoms with van der Waals surface area (Å²) in [7, 11) is 5.26. The van der Waals surface area contributed by atoms with Crippen LogP contribution in [0.15, 0.2) is 36.7 Å². The van der Waals surface area contributed by atoms with Crippen molar-refractivity contribution in [3.05, 3.63) is 53.4 Å². The van der Waals surface area contributed by atoms with Gasteiger partial charge in [-0.1, -0.05) is 17.7 Å². The van der Waals surface area contributed by atoms with Crippen LogP contribution >= 0.6 is 0 Å². The molecule has 0 unspecified atom stereocenters. The molecule has 0 aliphatic rings. The monoisotopic (exact) mass is 299 g/mol. The van der Waals surface area contributed by atoms with Crippen molar-refractivity contribution in [1.82, 2.24) is 14.7 Å². The number of benzene rings is 1. The minimum atomic E-state index is -0.0626. The van der Waals surface area contributed by atoms with Gasteiger partial charge in [-0.25, -0.2) is 0 Å². The Labute approximate surface area is 130 Å². The SMILES string of the molecule is COc1ccc(C)cc1CN(C)C(=O)C=Cc1cnn(C)c1. The predicted octanol–water partition coefficient (Wildman–Crippen LogP) is 2.41. The van der Waals surface area contributed by atoms with Gasteiger partial charge in [-0.3, -0.25) is 9.48 Å². The average Bonchev–Trinajstić information content (AvgIpc) is 2.90. The average molecular weight is 299 g/mol. The summed E-state index contributed by atoms with van der Waals surface area (Å²) in [4.78, 5) is 13.8. The molecule has 0 N–H and O–H groups in total. The summed E-state index contributed by atoms with van der Waals surface area (Å²) in [6.45, 7) is 2.52. The maximum atomic E-state index is 12.2. The fourth-order valence-corrected chi connectivity index (χ4v) is 2.19. The maximum Gasteiger partial charge on any atom is 0.246 e. The minimum absolute atomic E-state index is 0.0626. The van der Waals surface area contributed by atoms with Crippen LogP contribution in [0.5, 0.6) is 5.75 Å². The van der Waals surface area contributed by atoms with Crippen LogP contribution in [0.1, 0.15) is 16.7 Å². The molecule has 5 heteroatoms. The molecule has 116 valence electrons. The van der Waals surface area contributed by atoms with E-state index in [2.05, 4.69) is 5.10 Å². The first-order chi connectivity index (χ1) is 10.5. The first-order valence-electron chi connectivity index (χ1n) is 7.05. The van der Waals surface area contributed by atoms with E-state index in [-0.39, 0.29) is 5.91 Å². The highest BCUT2D eigenvalue weighted by atomic mass is 16.5. The number of aromatic nitrogens is 2. The molecule has 0 aliphatic heterocycles. The summed E-state index contributed by atoms with van der Waals surface area (Å²) in [5, 5.41) is 4.06. The number of methoxy groups -OCH3 is 1. The Morgan fingerprint density at radius 1 is 1.45 bits per heavy atom. The summed E-state index contributed by atoms with van der Waals surface area (Å²) < 4.78 is 7.05. The first kappa shape index (κ1) is 15.8. The van der Waals surface area contributed by atoms with Gasteiger partial charge < -0.3 is 9.64 Å². The summed E-state index contributed by atoms with van der Waals surface area (Å²) in [5.74, 6) is 0.730. The van der Waals surface area contributed by atoms with Crippen molar-refractivity contribution in [2.24, 2.45) is 7.05 Å². The number of aryl methyl sites for hydroxylation is 2. The minimum Gasteiger partial charge on any atom is -0.496 e. The van der Waals surface area contributed by atoms with Crippen LogP contribution in [0, 0.1) is 6.92 Å². The Bertz CT molecular complexity index is 689. The van der Waals surface area contributed by atoms with Gasteiger partial charge in [0.25, 0.3) is 0 Å². The van der Waals surface area contributed by atoms with E-state index in [4.69, 9.17) is 4.74 Å². The van der Waals surface area contributed by atoms with Crippen molar-refractivity contribution in [2.45, 2.75) is 13.5 Å². The third kappa shape index (κ3) is 3.97. The molecule has 1 heterocycles. The van der Waals surface area contributed by atoms with E-state index in [1.807, 2.05) is 38.4 Å². The van der Waals surface area contributed by atoms with Crippen LogP contribution in [0.4, 0.5) is 0 Å². The highest BCUT2D eigenvalue weighted by Gasteiger charge is 2.10. The molecular weight excluding hydrogens is 278 g/mol. The Morgan fingerprint density at radius 2 is 2.23 bits per heavy atom.